The summed E-state index contributed by atoms with van der Waals surface area (Å²) in [5.41, 5.74) is 6.86. The molecule has 3 N–H and O–H groups in total. The summed E-state index contributed by atoms with van der Waals surface area (Å²) < 4.78 is 33.3. The van der Waals surface area contributed by atoms with Crippen LogP contribution in [0.15, 0.2) is 51.8 Å². The SMILES string of the molecule is COc1ccc(Br)cc1S(=O)(=O)Nc1cccc(CN)c1. The van der Waals surface area contributed by atoms with E-state index in [1.165, 1.54) is 13.2 Å². The van der Waals surface area contributed by atoms with E-state index in [-0.39, 0.29) is 10.6 Å². The van der Waals surface area contributed by atoms with Crippen LogP contribution in [0.3, 0.4) is 0 Å². The van der Waals surface area contributed by atoms with Crippen LogP contribution in [0.5, 0.6) is 5.75 Å². The number of anilines is 1. The molecule has 112 valence electrons. The zero-order valence-electron chi connectivity index (χ0n) is 11.3. The normalized spacial score (nSPS) is 11.2. The Balaban J connectivity index is 2.40. The zero-order chi connectivity index (χ0) is 15.5. The molecule has 0 aliphatic carbocycles. The Labute approximate surface area is 132 Å². The molecule has 0 heterocycles. The molecule has 0 aliphatic heterocycles. The molecule has 0 unspecified atom stereocenters. The fourth-order valence-electron chi connectivity index (χ4n) is 1.83. The van der Waals surface area contributed by atoms with Crippen molar-refractivity contribution < 1.29 is 13.2 Å². The van der Waals surface area contributed by atoms with Gasteiger partial charge in [0.25, 0.3) is 10.0 Å². The van der Waals surface area contributed by atoms with E-state index in [1.54, 1.807) is 30.3 Å². The second-order valence-corrected chi connectivity index (χ2v) is 6.87. The molecule has 0 radical (unpaired) electrons. The Kier molecular flexibility index (Phi) is 4.87. The first-order chi connectivity index (χ1) is 9.96. The topological polar surface area (TPSA) is 81.4 Å². The van der Waals surface area contributed by atoms with Gasteiger partial charge in [0.2, 0.25) is 0 Å². The van der Waals surface area contributed by atoms with Crippen LogP contribution in [0, 0.1) is 0 Å². The highest BCUT2D eigenvalue weighted by atomic mass is 79.9. The molecule has 0 amide bonds. The van der Waals surface area contributed by atoms with Crippen molar-refractivity contribution in [3.8, 4) is 5.75 Å². The quantitative estimate of drug-likeness (QED) is 0.847. The predicted octanol–water partition coefficient (Wildman–Crippen LogP) is 2.72. The third kappa shape index (κ3) is 3.75. The number of nitrogens with two attached hydrogens (primary N) is 1. The summed E-state index contributed by atoms with van der Waals surface area (Å²) >= 11 is 3.26. The Hall–Kier alpha value is -1.57. The van der Waals surface area contributed by atoms with Gasteiger partial charge in [0.15, 0.2) is 0 Å². The fraction of sp³-hybridized carbons (Fsp3) is 0.143. The Bertz CT molecular complexity index is 748. The summed E-state index contributed by atoms with van der Waals surface area (Å²) in [6, 6.07) is 11.7. The van der Waals surface area contributed by atoms with E-state index in [4.69, 9.17) is 10.5 Å². The van der Waals surface area contributed by atoms with Crippen LogP contribution >= 0.6 is 15.9 Å². The molecular weight excluding hydrogens is 356 g/mol. The summed E-state index contributed by atoms with van der Waals surface area (Å²) in [5, 5.41) is 0. The van der Waals surface area contributed by atoms with E-state index >= 15 is 0 Å². The molecule has 0 atom stereocenters. The number of hydrogen-bond acceptors (Lipinski definition) is 4. The minimum absolute atomic E-state index is 0.0672. The van der Waals surface area contributed by atoms with Gasteiger partial charge in [0.05, 0.1) is 7.11 Å². The van der Waals surface area contributed by atoms with E-state index in [1.807, 2.05) is 6.07 Å². The first-order valence-corrected chi connectivity index (χ1v) is 8.39. The maximum absolute atomic E-state index is 12.5. The van der Waals surface area contributed by atoms with Crippen molar-refractivity contribution in [3.05, 3.63) is 52.5 Å². The van der Waals surface area contributed by atoms with Crippen molar-refractivity contribution in [1.82, 2.24) is 0 Å². The van der Waals surface area contributed by atoms with Gasteiger partial charge in [-0.05, 0) is 35.9 Å². The molecule has 0 aromatic heterocycles. The summed E-state index contributed by atoms with van der Waals surface area (Å²) in [7, 11) is -2.32. The zero-order valence-corrected chi connectivity index (χ0v) is 13.7. The van der Waals surface area contributed by atoms with Crippen LogP contribution < -0.4 is 15.2 Å². The fourth-order valence-corrected chi connectivity index (χ4v) is 3.59. The Morgan fingerprint density at radius 1 is 1.24 bits per heavy atom. The van der Waals surface area contributed by atoms with Crippen molar-refractivity contribution in [3.63, 3.8) is 0 Å². The summed E-state index contributed by atoms with van der Waals surface area (Å²) in [5.74, 6) is 0.278. The van der Waals surface area contributed by atoms with Crippen molar-refractivity contribution >= 4 is 31.6 Å². The number of hydrogen-bond donors (Lipinski definition) is 2. The van der Waals surface area contributed by atoms with Crippen molar-refractivity contribution in [1.29, 1.82) is 0 Å². The highest BCUT2D eigenvalue weighted by Gasteiger charge is 2.20. The maximum atomic E-state index is 12.5. The average molecular weight is 371 g/mol. The van der Waals surface area contributed by atoms with E-state index in [9.17, 15) is 8.42 Å². The van der Waals surface area contributed by atoms with Gasteiger partial charge in [0, 0.05) is 16.7 Å². The number of ether oxygens (including phenoxy) is 1. The number of nitrogens with one attached hydrogen (secondary N) is 1. The van der Waals surface area contributed by atoms with E-state index in [2.05, 4.69) is 20.7 Å². The van der Waals surface area contributed by atoms with Gasteiger partial charge in [-0.1, -0.05) is 28.1 Å². The largest absolute Gasteiger partial charge is 0.495 e. The standard InChI is InChI=1S/C14H15BrN2O3S/c1-20-13-6-5-11(15)8-14(13)21(18,19)17-12-4-2-3-10(7-12)9-16/h2-8,17H,9,16H2,1H3. The number of halogens is 1. The summed E-state index contributed by atoms with van der Waals surface area (Å²) in [4.78, 5) is 0.0672. The molecule has 7 heteroatoms. The third-order valence-electron chi connectivity index (χ3n) is 2.83. The molecule has 5 nitrogen and oxygen atoms in total. The number of rotatable bonds is 5. The average Bonchev–Trinajstić information content (AvgIpc) is 2.47. The van der Waals surface area contributed by atoms with E-state index in [0.29, 0.717) is 16.7 Å². The molecule has 0 bridgehead atoms. The van der Waals surface area contributed by atoms with Gasteiger partial charge < -0.3 is 10.5 Å². The molecule has 0 saturated heterocycles. The van der Waals surface area contributed by atoms with Gasteiger partial charge in [-0.2, -0.15) is 0 Å². The minimum atomic E-state index is -3.75. The van der Waals surface area contributed by atoms with Crippen molar-refractivity contribution in [2.75, 3.05) is 11.8 Å². The Morgan fingerprint density at radius 3 is 2.67 bits per heavy atom. The second-order valence-electron chi connectivity index (χ2n) is 4.31. The molecule has 2 aromatic rings. The van der Waals surface area contributed by atoms with Gasteiger partial charge in [-0.3, -0.25) is 4.72 Å². The van der Waals surface area contributed by atoms with Crippen LogP contribution in [-0.4, -0.2) is 15.5 Å². The molecule has 0 aliphatic rings. The highest BCUT2D eigenvalue weighted by molar-refractivity contribution is 9.10. The van der Waals surface area contributed by atoms with Crippen LogP contribution in [-0.2, 0) is 16.6 Å². The smallest absolute Gasteiger partial charge is 0.265 e. The molecule has 21 heavy (non-hydrogen) atoms. The van der Waals surface area contributed by atoms with Gasteiger partial charge in [-0.25, -0.2) is 8.42 Å². The maximum Gasteiger partial charge on any atom is 0.265 e. The van der Waals surface area contributed by atoms with Crippen LogP contribution in [0.1, 0.15) is 5.56 Å². The lowest BCUT2D eigenvalue weighted by molar-refractivity contribution is 0.403. The first kappa shape index (κ1) is 15.8. The lowest BCUT2D eigenvalue weighted by Crippen LogP contribution is -2.14. The number of benzene rings is 2. The molecule has 0 fully saturated rings. The molecule has 0 saturated carbocycles. The monoisotopic (exact) mass is 370 g/mol. The molecule has 2 aromatic carbocycles. The van der Waals surface area contributed by atoms with Crippen LogP contribution in [0.25, 0.3) is 0 Å². The van der Waals surface area contributed by atoms with Gasteiger partial charge in [0.1, 0.15) is 10.6 Å². The molecule has 0 spiro atoms. The lowest BCUT2D eigenvalue weighted by atomic mass is 10.2. The third-order valence-corrected chi connectivity index (χ3v) is 4.73. The van der Waals surface area contributed by atoms with Crippen molar-refractivity contribution in [2.24, 2.45) is 5.73 Å². The molecule has 2 rings (SSSR count). The van der Waals surface area contributed by atoms with Gasteiger partial charge in [-0.15, -0.1) is 0 Å². The second kappa shape index (κ2) is 6.46. The van der Waals surface area contributed by atoms with E-state index in [0.717, 1.165) is 5.56 Å². The number of methoxy groups -OCH3 is 1. The van der Waals surface area contributed by atoms with Crippen LogP contribution in [0.4, 0.5) is 5.69 Å². The summed E-state index contributed by atoms with van der Waals surface area (Å²) in [6.07, 6.45) is 0. The Morgan fingerprint density at radius 2 is 2.00 bits per heavy atom. The molecular formula is C14H15BrN2O3S. The number of sulfonamides is 1. The van der Waals surface area contributed by atoms with Crippen molar-refractivity contribution in [2.45, 2.75) is 11.4 Å². The highest BCUT2D eigenvalue weighted by Crippen LogP contribution is 2.29. The predicted molar refractivity (Wildman–Crippen MR) is 85.8 cm³/mol. The van der Waals surface area contributed by atoms with Crippen LogP contribution in [0.2, 0.25) is 0 Å². The minimum Gasteiger partial charge on any atom is -0.495 e. The van der Waals surface area contributed by atoms with E-state index < -0.39 is 10.0 Å². The van der Waals surface area contributed by atoms with Gasteiger partial charge >= 0.3 is 0 Å². The summed E-state index contributed by atoms with van der Waals surface area (Å²) in [6.45, 7) is 0.343. The first-order valence-electron chi connectivity index (χ1n) is 6.11. The lowest BCUT2D eigenvalue weighted by Gasteiger charge is -2.12.